The molecular weight excluding hydrogens is 462 g/mol. The van der Waals surface area contributed by atoms with Crippen LogP contribution in [-0.2, 0) is 16.0 Å². The third-order valence-electron chi connectivity index (χ3n) is 6.90. The zero-order valence-corrected chi connectivity index (χ0v) is 20.2. The number of rotatable bonds is 6. The van der Waals surface area contributed by atoms with E-state index in [-0.39, 0.29) is 17.7 Å². The Morgan fingerprint density at radius 2 is 1.69 bits per heavy atom. The van der Waals surface area contributed by atoms with Crippen LogP contribution in [0.3, 0.4) is 0 Å². The summed E-state index contributed by atoms with van der Waals surface area (Å²) < 4.78 is 0. The van der Waals surface area contributed by atoms with Gasteiger partial charge in [-0.1, -0.05) is 35.9 Å². The van der Waals surface area contributed by atoms with Gasteiger partial charge >= 0.3 is 0 Å². The second-order valence-electron chi connectivity index (χ2n) is 9.25. The number of anilines is 2. The average Bonchev–Trinajstić information content (AvgIpc) is 2.86. The van der Waals surface area contributed by atoms with E-state index in [1.165, 1.54) is 5.56 Å². The molecule has 3 heterocycles. The molecule has 8 heteroatoms. The fourth-order valence-corrected chi connectivity index (χ4v) is 4.85. The Morgan fingerprint density at radius 3 is 2.34 bits per heavy atom. The molecule has 0 saturated carbocycles. The highest BCUT2D eigenvalue weighted by molar-refractivity contribution is 6.30. The van der Waals surface area contributed by atoms with Crippen molar-refractivity contribution in [3.05, 3.63) is 83.0 Å². The van der Waals surface area contributed by atoms with Gasteiger partial charge in [-0.15, -0.1) is 5.10 Å². The number of carbonyl (C=O) groups excluding carboxylic acids is 2. The van der Waals surface area contributed by atoms with Crippen LogP contribution < -0.4 is 10.2 Å². The molecular formula is C27H28ClN5O2. The highest BCUT2D eigenvalue weighted by Crippen LogP contribution is 2.30. The van der Waals surface area contributed by atoms with Gasteiger partial charge in [-0.25, -0.2) is 0 Å². The van der Waals surface area contributed by atoms with E-state index in [0.29, 0.717) is 30.5 Å². The summed E-state index contributed by atoms with van der Waals surface area (Å²) in [5.41, 5.74) is 3.06. The van der Waals surface area contributed by atoms with Crippen molar-refractivity contribution in [3.63, 3.8) is 0 Å². The van der Waals surface area contributed by atoms with Crippen LogP contribution in [0.15, 0.2) is 66.9 Å². The number of carbonyl (C=O) groups is 2. The van der Waals surface area contributed by atoms with Crippen LogP contribution in [0, 0.1) is 5.92 Å². The maximum Gasteiger partial charge on any atom is 0.231 e. The largest absolute Gasteiger partial charge is 0.353 e. The SMILES string of the molecule is O=C(Nc1ccc(C2CCN(C(=O)Cc3ccc(Cl)cc3)CC2)cc1)C1CN(c2cccnn2)C1. The molecule has 1 N–H and O–H groups in total. The Morgan fingerprint density at radius 1 is 0.971 bits per heavy atom. The van der Waals surface area contributed by atoms with Gasteiger partial charge in [-0.3, -0.25) is 9.59 Å². The number of hydrogen-bond donors (Lipinski definition) is 1. The first-order valence-corrected chi connectivity index (χ1v) is 12.4. The fourth-order valence-electron chi connectivity index (χ4n) is 4.73. The Kier molecular flexibility index (Phi) is 6.95. The molecule has 2 aromatic carbocycles. The number of nitrogens with one attached hydrogen (secondary N) is 1. The van der Waals surface area contributed by atoms with Gasteiger partial charge in [0.25, 0.3) is 0 Å². The van der Waals surface area contributed by atoms with E-state index in [9.17, 15) is 9.59 Å². The zero-order chi connectivity index (χ0) is 24.2. The first-order valence-electron chi connectivity index (χ1n) is 12.0. The fraction of sp³-hybridized carbons (Fsp3) is 0.333. The smallest absolute Gasteiger partial charge is 0.231 e. The lowest BCUT2D eigenvalue weighted by Gasteiger charge is -2.38. The van der Waals surface area contributed by atoms with Crippen LogP contribution in [-0.4, -0.2) is 53.1 Å². The zero-order valence-electron chi connectivity index (χ0n) is 19.4. The topological polar surface area (TPSA) is 78.4 Å². The molecule has 1 aromatic heterocycles. The normalized spacial score (nSPS) is 16.6. The second kappa shape index (κ2) is 10.4. The minimum atomic E-state index is -0.0496. The summed E-state index contributed by atoms with van der Waals surface area (Å²) in [5, 5.41) is 11.7. The molecule has 5 rings (SSSR count). The Hall–Kier alpha value is -3.45. The standard InChI is InChI=1S/C27H28ClN5O2/c28-23-7-3-19(4-8-23)16-26(34)32-14-11-21(12-15-32)20-5-9-24(10-6-20)30-27(35)22-17-33(18-22)25-2-1-13-29-31-25/h1-10,13,21-22H,11-12,14-18H2,(H,30,35). The lowest BCUT2D eigenvalue weighted by molar-refractivity contribution is -0.131. The molecule has 35 heavy (non-hydrogen) atoms. The lowest BCUT2D eigenvalue weighted by Crippen LogP contribution is -2.52. The van der Waals surface area contributed by atoms with Gasteiger partial charge in [-0.2, -0.15) is 5.10 Å². The molecule has 2 saturated heterocycles. The van der Waals surface area contributed by atoms with Gasteiger partial charge in [0.05, 0.1) is 12.3 Å². The molecule has 0 unspecified atom stereocenters. The molecule has 2 aliphatic heterocycles. The van der Waals surface area contributed by atoms with E-state index in [1.807, 2.05) is 58.3 Å². The minimum Gasteiger partial charge on any atom is -0.353 e. The number of benzene rings is 2. The highest BCUT2D eigenvalue weighted by Gasteiger charge is 2.33. The Labute approximate surface area is 210 Å². The summed E-state index contributed by atoms with van der Waals surface area (Å²) in [6, 6.07) is 19.4. The van der Waals surface area contributed by atoms with E-state index < -0.39 is 0 Å². The number of aromatic nitrogens is 2. The summed E-state index contributed by atoms with van der Waals surface area (Å²) >= 11 is 5.93. The molecule has 0 aliphatic carbocycles. The first-order chi connectivity index (χ1) is 17.0. The van der Waals surface area contributed by atoms with Crippen molar-refractivity contribution in [2.45, 2.75) is 25.2 Å². The molecule has 0 radical (unpaired) electrons. The number of amides is 2. The van der Waals surface area contributed by atoms with Crippen LogP contribution in [0.5, 0.6) is 0 Å². The van der Waals surface area contributed by atoms with Crippen molar-refractivity contribution in [2.24, 2.45) is 5.92 Å². The summed E-state index contributed by atoms with van der Waals surface area (Å²) in [6.45, 7) is 2.83. The Bertz CT molecular complexity index is 1160. The summed E-state index contributed by atoms with van der Waals surface area (Å²) in [6.07, 6.45) is 3.94. The van der Waals surface area contributed by atoms with Crippen LogP contribution in [0.2, 0.25) is 5.02 Å². The molecule has 2 aliphatic rings. The predicted octanol–water partition coefficient (Wildman–Crippen LogP) is 4.15. The molecule has 0 bridgehead atoms. The molecule has 2 fully saturated rings. The van der Waals surface area contributed by atoms with Crippen molar-refractivity contribution in [1.82, 2.24) is 15.1 Å². The molecule has 2 amide bonds. The Balaban J connectivity index is 1.07. The minimum absolute atomic E-state index is 0.0328. The number of hydrogen-bond acceptors (Lipinski definition) is 5. The van der Waals surface area contributed by atoms with E-state index in [0.717, 1.165) is 43.0 Å². The first kappa shape index (κ1) is 23.3. The quantitative estimate of drug-likeness (QED) is 0.562. The molecule has 0 atom stereocenters. The number of nitrogens with zero attached hydrogens (tertiary/aromatic N) is 4. The van der Waals surface area contributed by atoms with Crippen molar-refractivity contribution >= 4 is 34.9 Å². The predicted molar refractivity (Wildman–Crippen MR) is 137 cm³/mol. The molecule has 7 nitrogen and oxygen atoms in total. The van der Waals surface area contributed by atoms with E-state index >= 15 is 0 Å². The molecule has 0 spiro atoms. The van der Waals surface area contributed by atoms with Gasteiger partial charge in [0.2, 0.25) is 11.8 Å². The van der Waals surface area contributed by atoms with Crippen LogP contribution >= 0.6 is 11.6 Å². The molecule has 3 aromatic rings. The third-order valence-corrected chi connectivity index (χ3v) is 7.15. The van der Waals surface area contributed by atoms with E-state index in [1.54, 1.807) is 6.20 Å². The van der Waals surface area contributed by atoms with Crippen molar-refractivity contribution < 1.29 is 9.59 Å². The van der Waals surface area contributed by atoms with Crippen LogP contribution in [0.1, 0.15) is 29.9 Å². The summed E-state index contributed by atoms with van der Waals surface area (Å²) in [7, 11) is 0. The van der Waals surface area contributed by atoms with Gasteiger partial charge in [0, 0.05) is 43.1 Å². The van der Waals surface area contributed by atoms with E-state index in [4.69, 9.17) is 11.6 Å². The van der Waals surface area contributed by atoms with Crippen molar-refractivity contribution in [2.75, 3.05) is 36.4 Å². The lowest BCUT2D eigenvalue weighted by atomic mass is 9.89. The van der Waals surface area contributed by atoms with E-state index in [2.05, 4.69) is 27.6 Å². The number of likely N-dealkylation sites (tertiary alicyclic amines) is 1. The number of halogens is 1. The maximum absolute atomic E-state index is 12.7. The van der Waals surface area contributed by atoms with Gasteiger partial charge in [0.1, 0.15) is 0 Å². The second-order valence-corrected chi connectivity index (χ2v) is 9.69. The monoisotopic (exact) mass is 489 g/mol. The van der Waals surface area contributed by atoms with Gasteiger partial charge in [0.15, 0.2) is 5.82 Å². The number of piperidine rings is 1. The van der Waals surface area contributed by atoms with Crippen molar-refractivity contribution in [1.29, 1.82) is 0 Å². The van der Waals surface area contributed by atoms with Crippen molar-refractivity contribution in [3.8, 4) is 0 Å². The van der Waals surface area contributed by atoms with Crippen LogP contribution in [0.4, 0.5) is 11.5 Å². The highest BCUT2D eigenvalue weighted by atomic mass is 35.5. The molecule has 180 valence electrons. The summed E-state index contributed by atoms with van der Waals surface area (Å²) in [5.74, 6) is 1.37. The van der Waals surface area contributed by atoms with Gasteiger partial charge < -0.3 is 15.1 Å². The maximum atomic E-state index is 12.7. The average molecular weight is 490 g/mol. The summed E-state index contributed by atoms with van der Waals surface area (Å²) in [4.78, 5) is 29.3. The van der Waals surface area contributed by atoms with Gasteiger partial charge in [-0.05, 0) is 66.3 Å². The third kappa shape index (κ3) is 5.62. The van der Waals surface area contributed by atoms with Crippen LogP contribution in [0.25, 0.3) is 0 Å².